The van der Waals surface area contributed by atoms with Gasteiger partial charge in [0.1, 0.15) is 0 Å². The molecule has 1 saturated carbocycles. The number of aromatic nitrogens is 1. The number of carbonyl (C=O) groups is 1. The van der Waals surface area contributed by atoms with E-state index < -0.39 is 0 Å². The van der Waals surface area contributed by atoms with E-state index in [0.29, 0.717) is 17.9 Å². The summed E-state index contributed by atoms with van der Waals surface area (Å²) in [5.74, 6) is 1.15. The minimum atomic E-state index is 0.106. The molecule has 3 rings (SSSR count). The van der Waals surface area contributed by atoms with E-state index in [1.54, 1.807) is 0 Å². The summed E-state index contributed by atoms with van der Waals surface area (Å²) in [6.45, 7) is 3.80. The molecule has 0 aromatic carbocycles. The van der Waals surface area contributed by atoms with E-state index in [-0.39, 0.29) is 6.03 Å². The van der Waals surface area contributed by atoms with E-state index in [4.69, 9.17) is 0 Å². The summed E-state index contributed by atoms with van der Waals surface area (Å²) in [4.78, 5) is 18.1. The van der Waals surface area contributed by atoms with Gasteiger partial charge < -0.3 is 10.2 Å². The molecule has 2 amide bonds. The van der Waals surface area contributed by atoms with Crippen LogP contribution in [0.2, 0.25) is 0 Å². The molecule has 0 unspecified atom stereocenters. The Bertz CT molecular complexity index is 450. The molecular weight excluding hydrogens is 250 g/mol. The number of rotatable bonds is 3. The van der Waals surface area contributed by atoms with Crippen molar-refractivity contribution in [1.82, 2.24) is 15.2 Å². The Morgan fingerprint density at radius 3 is 2.60 bits per heavy atom. The number of likely N-dealkylation sites (tertiary alicyclic amines) is 1. The highest BCUT2D eigenvalue weighted by molar-refractivity contribution is 5.75. The smallest absolute Gasteiger partial charge is 0.317 e. The molecule has 4 nitrogen and oxygen atoms in total. The topological polar surface area (TPSA) is 45.2 Å². The third-order valence-electron chi connectivity index (χ3n) is 4.80. The number of hydrogen-bond acceptors (Lipinski definition) is 2. The second-order valence-corrected chi connectivity index (χ2v) is 6.17. The Labute approximate surface area is 120 Å². The summed E-state index contributed by atoms with van der Waals surface area (Å²) in [6, 6.07) is 4.50. The van der Waals surface area contributed by atoms with Crippen LogP contribution < -0.4 is 5.32 Å². The van der Waals surface area contributed by atoms with Crippen molar-refractivity contribution in [3.8, 4) is 0 Å². The fourth-order valence-corrected chi connectivity index (χ4v) is 3.35. The first-order chi connectivity index (χ1) is 9.74. The third kappa shape index (κ3) is 2.79. The van der Waals surface area contributed by atoms with Crippen LogP contribution in [-0.2, 0) is 0 Å². The SMILES string of the molecule is C[C@H](NC(=O)N1CC(c2ccncc2)C1)C1CCCC1. The van der Waals surface area contributed by atoms with Crippen molar-refractivity contribution >= 4 is 6.03 Å². The van der Waals surface area contributed by atoms with Gasteiger partial charge in [-0.15, -0.1) is 0 Å². The van der Waals surface area contributed by atoms with E-state index in [1.165, 1.54) is 31.2 Å². The Hall–Kier alpha value is -1.58. The Morgan fingerprint density at radius 1 is 1.30 bits per heavy atom. The number of amides is 2. The summed E-state index contributed by atoms with van der Waals surface area (Å²) in [5.41, 5.74) is 1.29. The van der Waals surface area contributed by atoms with Crippen molar-refractivity contribution in [3.63, 3.8) is 0 Å². The first-order valence-electron chi connectivity index (χ1n) is 7.69. The van der Waals surface area contributed by atoms with Crippen LogP contribution in [0, 0.1) is 5.92 Å². The van der Waals surface area contributed by atoms with Gasteiger partial charge in [0, 0.05) is 37.4 Å². The molecule has 0 bridgehead atoms. The maximum absolute atomic E-state index is 12.2. The molecule has 2 fully saturated rings. The minimum absolute atomic E-state index is 0.106. The number of nitrogens with zero attached hydrogens (tertiary/aromatic N) is 2. The van der Waals surface area contributed by atoms with Gasteiger partial charge in [-0.2, -0.15) is 0 Å². The zero-order valence-electron chi connectivity index (χ0n) is 12.1. The zero-order chi connectivity index (χ0) is 13.9. The predicted molar refractivity (Wildman–Crippen MR) is 78.5 cm³/mol. The maximum Gasteiger partial charge on any atom is 0.317 e. The molecule has 2 heterocycles. The van der Waals surface area contributed by atoms with E-state index in [2.05, 4.69) is 17.2 Å². The fourth-order valence-electron chi connectivity index (χ4n) is 3.35. The van der Waals surface area contributed by atoms with Crippen LogP contribution in [0.15, 0.2) is 24.5 Å². The lowest BCUT2D eigenvalue weighted by Crippen LogP contribution is -2.54. The summed E-state index contributed by atoms with van der Waals surface area (Å²) in [7, 11) is 0. The zero-order valence-corrected chi connectivity index (χ0v) is 12.1. The molecule has 20 heavy (non-hydrogen) atoms. The monoisotopic (exact) mass is 273 g/mol. The number of urea groups is 1. The molecule has 1 atom stereocenters. The Balaban J connectivity index is 1.46. The van der Waals surface area contributed by atoms with Crippen LogP contribution >= 0.6 is 0 Å². The molecule has 1 aromatic heterocycles. The average Bonchev–Trinajstić information content (AvgIpc) is 2.92. The standard InChI is InChI=1S/C16H23N3O/c1-12(13-4-2-3-5-13)18-16(20)19-10-15(11-19)14-6-8-17-9-7-14/h6-9,12-13,15H,2-5,10-11H2,1H3,(H,18,20)/t12-/m0/s1. The van der Waals surface area contributed by atoms with Crippen molar-refractivity contribution < 1.29 is 4.79 Å². The van der Waals surface area contributed by atoms with E-state index in [1.807, 2.05) is 29.4 Å². The van der Waals surface area contributed by atoms with Gasteiger partial charge in [0.15, 0.2) is 0 Å². The number of pyridine rings is 1. The number of hydrogen-bond donors (Lipinski definition) is 1. The summed E-state index contributed by atoms with van der Waals surface area (Å²) >= 11 is 0. The average molecular weight is 273 g/mol. The predicted octanol–water partition coefficient (Wildman–Crippen LogP) is 2.77. The normalized spacial score (nSPS) is 21.6. The van der Waals surface area contributed by atoms with E-state index in [9.17, 15) is 4.79 Å². The lowest BCUT2D eigenvalue weighted by Gasteiger charge is -2.40. The van der Waals surface area contributed by atoms with Crippen LogP contribution in [-0.4, -0.2) is 35.0 Å². The third-order valence-corrected chi connectivity index (χ3v) is 4.80. The molecule has 0 radical (unpaired) electrons. The second kappa shape index (κ2) is 5.81. The van der Waals surface area contributed by atoms with Gasteiger partial charge in [0.25, 0.3) is 0 Å². The molecule has 1 N–H and O–H groups in total. The molecule has 1 aliphatic carbocycles. The quantitative estimate of drug-likeness (QED) is 0.920. The molecule has 0 spiro atoms. The van der Waals surface area contributed by atoms with Crippen LogP contribution in [0.3, 0.4) is 0 Å². The van der Waals surface area contributed by atoms with Crippen molar-refractivity contribution in [1.29, 1.82) is 0 Å². The minimum Gasteiger partial charge on any atom is -0.335 e. The summed E-state index contributed by atoms with van der Waals surface area (Å²) in [6.07, 6.45) is 8.81. The highest BCUT2D eigenvalue weighted by atomic mass is 16.2. The van der Waals surface area contributed by atoms with Crippen LogP contribution in [0.1, 0.15) is 44.1 Å². The lowest BCUT2D eigenvalue weighted by molar-refractivity contribution is 0.145. The van der Waals surface area contributed by atoms with Gasteiger partial charge in [-0.3, -0.25) is 4.98 Å². The van der Waals surface area contributed by atoms with Crippen molar-refractivity contribution in [2.45, 2.75) is 44.6 Å². The van der Waals surface area contributed by atoms with Gasteiger partial charge in [-0.1, -0.05) is 12.8 Å². The largest absolute Gasteiger partial charge is 0.335 e. The Morgan fingerprint density at radius 2 is 1.95 bits per heavy atom. The van der Waals surface area contributed by atoms with Crippen LogP contribution in [0.25, 0.3) is 0 Å². The molecule has 1 aliphatic heterocycles. The van der Waals surface area contributed by atoms with Crippen molar-refractivity contribution in [2.24, 2.45) is 5.92 Å². The summed E-state index contributed by atoms with van der Waals surface area (Å²) < 4.78 is 0. The fraction of sp³-hybridized carbons (Fsp3) is 0.625. The molecule has 2 aliphatic rings. The molecule has 1 saturated heterocycles. The number of carbonyl (C=O) groups excluding carboxylic acids is 1. The van der Waals surface area contributed by atoms with Crippen LogP contribution in [0.5, 0.6) is 0 Å². The van der Waals surface area contributed by atoms with Gasteiger partial charge in [0.05, 0.1) is 0 Å². The van der Waals surface area contributed by atoms with Crippen molar-refractivity contribution in [3.05, 3.63) is 30.1 Å². The van der Waals surface area contributed by atoms with E-state index in [0.717, 1.165) is 13.1 Å². The first-order valence-corrected chi connectivity index (χ1v) is 7.69. The van der Waals surface area contributed by atoms with Gasteiger partial charge in [0.2, 0.25) is 0 Å². The van der Waals surface area contributed by atoms with Crippen LogP contribution in [0.4, 0.5) is 4.79 Å². The van der Waals surface area contributed by atoms with E-state index >= 15 is 0 Å². The first kappa shape index (κ1) is 13.4. The maximum atomic E-state index is 12.2. The van der Waals surface area contributed by atoms with Gasteiger partial charge in [-0.05, 0) is 43.4 Å². The lowest BCUT2D eigenvalue weighted by atomic mass is 9.92. The number of nitrogens with one attached hydrogen (secondary N) is 1. The molecular formula is C16H23N3O. The summed E-state index contributed by atoms with van der Waals surface area (Å²) in [5, 5.41) is 3.17. The molecule has 4 heteroatoms. The van der Waals surface area contributed by atoms with Crippen molar-refractivity contribution in [2.75, 3.05) is 13.1 Å². The Kier molecular flexibility index (Phi) is 3.90. The molecule has 1 aromatic rings. The highest BCUT2D eigenvalue weighted by Crippen LogP contribution is 2.29. The second-order valence-electron chi connectivity index (χ2n) is 6.17. The van der Waals surface area contributed by atoms with Gasteiger partial charge in [-0.25, -0.2) is 4.79 Å². The highest BCUT2D eigenvalue weighted by Gasteiger charge is 2.33. The van der Waals surface area contributed by atoms with Gasteiger partial charge >= 0.3 is 6.03 Å². The molecule has 108 valence electrons.